The van der Waals surface area contributed by atoms with E-state index in [2.05, 4.69) is 4.98 Å². The molecule has 0 saturated carbocycles. The van der Waals surface area contributed by atoms with Crippen molar-refractivity contribution in [2.45, 2.75) is 19.9 Å². The van der Waals surface area contributed by atoms with Crippen LogP contribution in [0.25, 0.3) is 0 Å². The maximum atomic E-state index is 12.3. The van der Waals surface area contributed by atoms with Crippen molar-refractivity contribution in [1.29, 1.82) is 0 Å². The molecule has 1 aliphatic rings. The molecule has 0 bridgehead atoms. The quantitative estimate of drug-likeness (QED) is 0.792. The standard InChI is InChI=1S/C13H18N4O2/c1-13(12(15)19)3-5-17(8-13)11(18)9-2-4-16-10(6-9)7-14/h2,4,6H,3,5,7-8,14H2,1H3,(H2,15,19). The first-order chi connectivity index (χ1) is 8.96. The molecule has 0 aliphatic carbocycles. The van der Waals surface area contributed by atoms with Crippen LogP contribution in [-0.4, -0.2) is 34.8 Å². The van der Waals surface area contributed by atoms with Gasteiger partial charge in [-0.3, -0.25) is 14.6 Å². The summed E-state index contributed by atoms with van der Waals surface area (Å²) in [7, 11) is 0. The zero-order chi connectivity index (χ0) is 14.0. The topological polar surface area (TPSA) is 102 Å². The molecule has 0 radical (unpaired) electrons. The van der Waals surface area contributed by atoms with Crippen molar-refractivity contribution in [3.63, 3.8) is 0 Å². The first-order valence-electron chi connectivity index (χ1n) is 6.20. The van der Waals surface area contributed by atoms with E-state index in [9.17, 15) is 9.59 Å². The van der Waals surface area contributed by atoms with Crippen molar-refractivity contribution in [3.8, 4) is 0 Å². The van der Waals surface area contributed by atoms with E-state index >= 15 is 0 Å². The second kappa shape index (κ2) is 4.97. The van der Waals surface area contributed by atoms with Crippen LogP contribution in [0.2, 0.25) is 0 Å². The maximum absolute atomic E-state index is 12.3. The van der Waals surface area contributed by atoms with E-state index in [1.807, 2.05) is 0 Å². The largest absolute Gasteiger partial charge is 0.369 e. The Bertz CT molecular complexity index is 517. The first-order valence-corrected chi connectivity index (χ1v) is 6.20. The van der Waals surface area contributed by atoms with Crippen LogP contribution in [0.4, 0.5) is 0 Å². The van der Waals surface area contributed by atoms with Crippen LogP contribution in [0.3, 0.4) is 0 Å². The molecule has 2 heterocycles. The summed E-state index contributed by atoms with van der Waals surface area (Å²) in [6, 6.07) is 3.34. The Morgan fingerprint density at radius 2 is 2.26 bits per heavy atom. The Kier molecular flexibility index (Phi) is 3.53. The van der Waals surface area contributed by atoms with Gasteiger partial charge in [0.2, 0.25) is 5.91 Å². The lowest BCUT2D eigenvalue weighted by molar-refractivity contribution is -0.126. The molecule has 6 heteroatoms. The van der Waals surface area contributed by atoms with Crippen LogP contribution in [0.1, 0.15) is 29.4 Å². The Morgan fingerprint density at radius 3 is 2.84 bits per heavy atom. The molecule has 0 spiro atoms. The van der Waals surface area contributed by atoms with Gasteiger partial charge in [0.05, 0.1) is 11.1 Å². The van der Waals surface area contributed by atoms with Gasteiger partial charge in [-0.1, -0.05) is 0 Å². The average molecular weight is 262 g/mol. The number of carbonyl (C=O) groups is 2. The second-order valence-corrected chi connectivity index (χ2v) is 5.14. The van der Waals surface area contributed by atoms with Gasteiger partial charge in [0.15, 0.2) is 0 Å². The number of hydrogen-bond acceptors (Lipinski definition) is 4. The molecular formula is C13H18N4O2. The van der Waals surface area contributed by atoms with Gasteiger partial charge in [0, 0.05) is 31.4 Å². The molecule has 6 nitrogen and oxygen atoms in total. The van der Waals surface area contributed by atoms with Crippen molar-refractivity contribution < 1.29 is 9.59 Å². The minimum absolute atomic E-state index is 0.109. The number of likely N-dealkylation sites (tertiary alicyclic amines) is 1. The Morgan fingerprint density at radius 1 is 1.53 bits per heavy atom. The third kappa shape index (κ3) is 2.58. The molecule has 0 aromatic carbocycles. The Balaban J connectivity index is 2.15. The molecule has 1 saturated heterocycles. The van der Waals surface area contributed by atoms with Crippen molar-refractivity contribution in [1.82, 2.24) is 9.88 Å². The minimum Gasteiger partial charge on any atom is -0.369 e. The van der Waals surface area contributed by atoms with Crippen LogP contribution in [0.5, 0.6) is 0 Å². The molecule has 2 rings (SSSR count). The molecular weight excluding hydrogens is 244 g/mol. The van der Waals surface area contributed by atoms with Gasteiger partial charge < -0.3 is 16.4 Å². The summed E-state index contributed by atoms with van der Waals surface area (Å²) < 4.78 is 0. The highest BCUT2D eigenvalue weighted by atomic mass is 16.2. The van der Waals surface area contributed by atoms with Crippen molar-refractivity contribution >= 4 is 11.8 Å². The zero-order valence-corrected chi connectivity index (χ0v) is 10.9. The Labute approximate surface area is 111 Å². The van der Waals surface area contributed by atoms with Crippen LogP contribution < -0.4 is 11.5 Å². The fourth-order valence-electron chi connectivity index (χ4n) is 2.24. The summed E-state index contributed by atoms with van der Waals surface area (Å²) in [5.41, 5.74) is 11.5. The van der Waals surface area contributed by atoms with Crippen LogP contribution in [0.15, 0.2) is 18.3 Å². The lowest BCUT2D eigenvalue weighted by Gasteiger charge is -2.21. The molecule has 2 amide bonds. The van der Waals surface area contributed by atoms with E-state index in [0.29, 0.717) is 37.3 Å². The molecule has 1 fully saturated rings. The fourth-order valence-corrected chi connectivity index (χ4v) is 2.24. The average Bonchev–Trinajstić information content (AvgIpc) is 2.82. The number of amides is 2. The van der Waals surface area contributed by atoms with Gasteiger partial charge in [0.25, 0.3) is 5.91 Å². The van der Waals surface area contributed by atoms with Gasteiger partial charge in [-0.2, -0.15) is 0 Å². The van der Waals surface area contributed by atoms with E-state index in [0.717, 1.165) is 0 Å². The smallest absolute Gasteiger partial charge is 0.254 e. The van der Waals surface area contributed by atoms with E-state index in [1.54, 1.807) is 30.2 Å². The zero-order valence-electron chi connectivity index (χ0n) is 10.9. The molecule has 102 valence electrons. The number of pyridine rings is 1. The third-order valence-corrected chi connectivity index (χ3v) is 3.63. The summed E-state index contributed by atoms with van der Waals surface area (Å²) in [4.78, 5) is 29.4. The fraction of sp³-hybridized carbons (Fsp3) is 0.462. The van der Waals surface area contributed by atoms with Gasteiger partial charge in [0.1, 0.15) is 0 Å². The van der Waals surface area contributed by atoms with Gasteiger partial charge in [-0.15, -0.1) is 0 Å². The molecule has 4 N–H and O–H groups in total. The van der Waals surface area contributed by atoms with Gasteiger partial charge in [-0.05, 0) is 25.5 Å². The van der Waals surface area contributed by atoms with Crippen LogP contribution in [-0.2, 0) is 11.3 Å². The maximum Gasteiger partial charge on any atom is 0.254 e. The van der Waals surface area contributed by atoms with Gasteiger partial charge >= 0.3 is 0 Å². The van der Waals surface area contributed by atoms with Crippen molar-refractivity contribution in [2.75, 3.05) is 13.1 Å². The summed E-state index contributed by atoms with van der Waals surface area (Å²) in [6.07, 6.45) is 2.17. The number of carbonyl (C=O) groups excluding carboxylic acids is 2. The molecule has 1 unspecified atom stereocenters. The number of aromatic nitrogens is 1. The van der Waals surface area contributed by atoms with E-state index in [1.165, 1.54) is 0 Å². The van der Waals surface area contributed by atoms with E-state index in [4.69, 9.17) is 11.5 Å². The summed E-state index contributed by atoms with van der Waals surface area (Å²) in [5.74, 6) is -0.470. The summed E-state index contributed by atoms with van der Waals surface area (Å²) in [5, 5.41) is 0. The number of hydrogen-bond donors (Lipinski definition) is 2. The van der Waals surface area contributed by atoms with E-state index in [-0.39, 0.29) is 11.8 Å². The second-order valence-electron chi connectivity index (χ2n) is 5.14. The van der Waals surface area contributed by atoms with Crippen LogP contribution >= 0.6 is 0 Å². The van der Waals surface area contributed by atoms with Crippen molar-refractivity contribution in [2.24, 2.45) is 16.9 Å². The lowest BCUT2D eigenvalue weighted by Crippen LogP contribution is -2.38. The SMILES string of the molecule is CC1(C(N)=O)CCN(C(=O)c2ccnc(CN)c2)C1. The van der Waals surface area contributed by atoms with E-state index < -0.39 is 5.41 Å². The molecule has 1 aromatic heterocycles. The molecule has 1 aliphatic heterocycles. The highest BCUT2D eigenvalue weighted by Gasteiger charge is 2.40. The lowest BCUT2D eigenvalue weighted by atomic mass is 9.89. The highest BCUT2D eigenvalue weighted by molar-refractivity contribution is 5.95. The van der Waals surface area contributed by atoms with Gasteiger partial charge in [-0.25, -0.2) is 0 Å². The van der Waals surface area contributed by atoms with Crippen molar-refractivity contribution in [3.05, 3.63) is 29.6 Å². The first kappa shape index (κ1) is 13.5. The summed E-state index contributed by atoms with van der Waals surface area (Å²) >= 11 is 0. The highest BCUT2D eigenvalue weighted by Crippen LogP contribution is 2.30. The molecule has 1 aromatic rings. The number of primary amides is 1. The number of nitrogens with zero attached hydrogens (tertiary/aromatic N) is 2. The molecule has 1 atom stereocenters. The third-order valence-electron chi connectivity index (χ3n) is 3.63. The van der Waals surface area contributed by atoms with Crippen LogP contribution in [0, 0.1) is 5.41 Å². The number of nitrogens with two attached hydrogens (primary N) is 2. The Hall–Kier alpha value is -1.95. The molecule has 19 heavy (non-hydrogen) atoms. The summed E-state index contributed by atoms with van der Waals surface area (Å²) in [6.45, 7) is 2.99. The monoisotopic (exact) mass is 262 g/mol. The predicted molar refractivity (Wildman–Crippen MR) is 70.0 cm³/mol. The normalized spacial score (nSPS) is 22.5. The number of rotatable bonds is 3. The minimum atomic E-state index is -0.626. The predicted octanol–water partition coefficient (Wildman–Crippen LogP) is -0.122.